The lowest BCUT2D eigenvalue weighted by molar-refractivity contribution is 0.174. The highest BCUT2D eigenvalue weighted by molar-refractivity contribution is 5.81. The number of methoxy groups -OCH3 is 1. The number of aromatic nitrogens is 1. The van der Waals surface area contributed by atoms with Gasteiger partial charge in [-0.05, 0) is 67.5 Å². The Morgan fingerprint density at radius 3 is 2.62 bits per heavy atom. The summed E-state index contributed by atoms with van der Waals surface area (Å²) in [6.07, 6.45) is 4.71. The van der Waals surface area contributed by atoms with Crippen LogP contribution in [0.2, 0.25) is 0 Å². The van der Waals surface area contributed by atoms with Crippen LogP contribution in [0, 0.1) is 5.92 Å². The minimum absolute atomic E-state index is 0.129. The summed E-state index contributed by atoms with van der Waals surface area (Å²) >= 11 is 0. The first kappa shape index (κ1) is 20.5. The van der Waals surface area contributed by atoms with Gasteiger partial charge in [-0.1, -0.05) is 19.1 Å². The van der Waals surface area contributed by atoms with E-state index in [2.05, 4.69) is 18.3 Å². The quantitative estimate of drug-likeness (QED) is 0.527. The molecule has 3 aromatic rings. The number of hydrogen-bond acceptors (Lipinski definition) is 6. The van der Waals surface area contributed by atoms with E-state index in [-0.39, 0.29) is 12.5 Å². The molecule has 0 radical (unpaired) electrons. The summed E-state index contributed by atoms with van der Waals surface area (Å²) in [7, 11) is 1.58. The predicted molar refractivity (Wildman–Crippen MR) is 124 cm³/mol. The van der Waals surface area contributed by atoms with Crippen LogP contribution in [-0.2, 0) is 0 Å². The van der Waals surface area contributed by atoms with Gasteiger partial charge in [0.1, 0.15) is 17.3 Å². The normalized spacial score (nSPS) is 19.6. The molecule has 0 amide bonds. The minimum atomic E-state index is 0.129. The fourth-order valence-corrected chi connectivity index (χ4v) is 4.52. The van der Waals surface area contributed by atoms with E-state index >= 15 is 0 Å². The lowest BCUT2D eigenvalue weighted by Gasteiger charge is -2.27. The van der Waals surface area contributed by atoms with Crippen molar-refractivity contribution in [3.63, 3.8) is 0 Å². The van der Waals surface area contributed by atoms with Crippen LogP contribution in [0.4, 0.5) is 5.82 Å². The molecule has 0 bridgehead atoms. The van der Waals surface area contributed by atoms with Crippen LogP contribution in [0.25, 0.3) is 22.4 Å². The second-order valence-corrected chi connectivity index (χ2v) is 8.65. The van der Waals surface area contributed by atoms with Crippen molar-refractivity contribution in [3.8, 4) is 45.4 Å². The van der Waals surface area contributed by atoms with E-state index in [9.17, 15) is 5.11 Å². The molecule has 5 rings (SSSR count). The van der Waals surface area contributed by atoms with Gasteiger partial charge in [0.05, 0.1) is 12.8 Å². The highest BCUT2D eigenvalue weighted by atomic mass is 16.7. The SMILES string of the molecule is COc1ccc(-c2cc(-c3cccc4c3OCO4)cc(NC3CCC(C)CC3)n2)c(O)c1. The molecule has 0 spiro atoms. The lowest BCUT2D eigenvalue weighted by Crippen LogP contribution is -2.25. The van der Waals surface area contributed by atoms with Gasteiger partial charge >= 0.3 is 0 Å². The molecule has 1 aromatic heterocycles. The fourth-order valence-electron chi connectivity index (χ4n) is 4.52. The molecule has 1 fully saturated rings. The van der Waals surface area contributed by atoms with Gasteiger partial charge in [-0.25, -0.2) is 4.98 Å². The predicted octanol–water partition coefficient (Wildman–Crippen LogP) is 5.85. The minimum Gasteiger partial charge on any atom is -0.507 e. The molecular formula is C26H28N2O4. The highest BCUT2D eigenvalue weighted by Crippen LogP contribution is 2.43. The summed E-state index contributed by atoms with van der Waals surface area (Å²) in [5.41, 5.74) is 3.24. The molecule has 1 aliphatic heterocycles. The zero-order valence-corrected chi connectivity index (χ0v) is 18.4. The standard InChI is InChI=1S/C26H28N2O4/c1-16-6-8-18(9-7-16)27-25-13-17(20-4-3-5-24-26(20)32-15-31-24)12-22(28-25)21-11-10-19(30-2)14-23(21)29/h3-5,10-14,16,18,29H,6-9,15H2,1-2H3,(H,27,28). The van der Waals surface area contributed by atoms with Crippen LogP contribution in [0.5, 0.6) is 23.0 Å². The van der Waals surface area contributed by atoms with Crippen LogP contribution in [0.15, 0.2) is 48.5 Å². The Bertz CT molecular complexity index is 1120. The second-order valence-electron chi connectivity index (χ2n) is 8.65. The number of aromatic hydroxyl groups is 1. The average Bonchev–Trinajstić information content (AvgIpc) is 3.29. The average molecular weight is 433 g/mol. The Kier molecular flexibility index (Phi) is 5.52. The molecule has 2 N–H and O–H groups in total. The third kappa shape index (κ3) is 4.05. The molecular weight excluding hydrogens is 404 g/mol. The fraction of sp³-hybridized carbons (Fsp3) is 0.346. The molecule has 6 heteroatoms. The van der Waals surface area contributed by atoms with Gasteiger partial charge in [-0.2, -0.15) is 0 Å². The molecule has 6 nitrogen and oxygen atoms in total. The number of pyridine rings is 1. The van der Waals surface area contributed by atoms with E-state index in [0.717, 1.165) is 47.2 Å². The van der Waals surface area contributed by atoms with E-state index in [1.165, 1.54) is 12.8 Å². The number of para-hydroxylation sites is 1. The summed E-state index contributed by atoms with van der Waals surface area (Å²) in [5, 5.41) is 14.3. The first-order valence-electron chi connectivity index (χ1n) is 11.2. The monoisotopic (exact) mass is 432 g/mol. The van der Waals surface area contributed by atoms with Crippen molar-refractivity contribution in [1.29, 1.82) is 0 Å². The van der Waals surface area contributed by atoms with Crippen molar-refractivity contribution in [2.24, 2.45) is 5.92 Å². The van der Waals surface area contributed by atoms with Gasteiger partial charge in [-0.3, -0.25) is 0 Å². The largest absolute Gasteiger partial charge is 0.507 e. The van der Waals surface area contributed by atoms with Crippen molar-refractivity contribution < 1.29 is 19.3 Å². The Morgan fingerprint density at radius 2 is 1.84 bits per heavy atom. The molecule has 2 aromatic carbocycles. The van der Waals surface area contributed by atoms with Gasteiger partial charge in [0.25, 0.3) is 0 Å². The van der Waals surface area contributed by atoms with Gasteiger partial charge in [0.15, 0.2) is 11.5 Å². The maximum Gasteiger partial charge on any atom is 0.231 e. The van der Waals surface area contributed by atoms with Gasteiger partial charge in [0.2, 0.25) is 6.79 Å². The van der Waals surface area contributed by atoms with Crippen molar-refractivity contribution >= 4 is 5.82 Å². The molecule has 0 atom stereocenters. The zero-order valence-electron chi connectivity index (χ0n) is 18.4. The highest BCUT2D eigenvalue weighted by Gasteiger charge is 2.22. The number of nitrogens with zero attached hydrogens (tertiary/aromatic N) is 1. The van der Waals surface area contributed by atoms with Gasteiger partial charge in [-0.15, -0.1) is 0 Å². The Hall–Kier alpha value is -3.41. The van der Waals surface area contributed by atoms with Crippen LogP contribution in [0.3, 0.4) is 0 Å². The smallest absolute Gasteiger partial charge is 0.231 e. The summed E-state index contributed by atoms with van der Waals surface area (Å²) in [4.78, 5) is 4.87. The number of anilines is 1. The number of phenols is 1. The molecule has 1 saturated carbocycles. The molecule has 1 aliphatic carbocycles. The Morgan fingerprint density at radius 1 is 1.00 bits per heavy atom. The van der Waals surface area contributed by atoms with Crippen LogP contribution < -0.4 is 19.5 Å². The van der Waals surface area contributed by atoms with Crippen molar-refractivity contribution in [2.75, 3.05) is 19.2 Å². The van der Waals surface area contributed by atoms with E-state index in [1.54, 1.807) is 13.2 Å². The van der Waals surface area contributed by atoms with Crippen molar-refractivity contribution in [2.45, 2.75) is 38.6 Å². The van der Waals surface area contributed by atoms with Crippen molar-refractivity contribution in [3.05, 3.63) is 48.5 Å². The summed E-state index contributed by atoms with van der Waals surface area (Å²) in [5.74, 6) is 3.78. The molecule has 0 unspecified atom stereocenters. The van der Waals surface area contributed by atoms with Gasteiger partial charge < -0.3 is 24.6 Å². The summed E-state index contributed by atoms with van der Waals surface area (Å²) in [6, 6.07) is 15.6. The first-order chi connectivity index (χ1) is 15.6. The van der Waals surface area contributed by atoms with E-state index in [0.29, 0.717) is 23.0 Å². The van der Waals surface area contributed by atoms with Gasteiger partial charge in [0, 0.05) is 23.2 Å². The molecule has 2 heterocycles. The van der Waals surface area contributed by atoms with Crippen molar-refractivity contribution in [1.82, 2.24) is 4.98 Å². The third-order valence-electron chi connectivity index (χ3n) is 6.38. The van der Waals surface area contributed by atoms with E-state index in [1.807, 2.05) is 36.4 Å². The first-order valence-corrected chi connectivity index (χ1v) is 11.2. The number of rotatable bonds is 5. The van der Waals surface area contributed by atoms with Crippen LogP contribution >= 0.6 is 0 Å². The third-order valence-corrected chi connectivity index (χ3v) is 6.38. The number of phenolic OH excluding ortho intramolecular Hbond substituents is 1. The second kappa shape index (κ2) is 8.61. The lowest BCUT2D eigenvalue weighted by atomic mass is 9.87. The maximum absolute atomic E-state index is 10.6. The molecule has 2 aliphatic rings. The van der Waals surface area contributed by atoms with E-state index in [4.69, 9.17) is 19.2 Å². The topological polar surface area (TPSA) is 72.8 Å². The Balaban J connectivity index is 1.57. The summed E-state index contributed by atoms with van der Waals surface area (Å²) < 4.78 is 16.6. The molecule has 32 heavy (non-hydrogen) atoms. The summed E-state index contributed by atoms with van der Waals surface area (Å²) in [6.45, 7) is 2.53. The number of fused-ring (bicyclic) bond motifs is 1. The number of ether oxygens (including phenoxy) is 3. The van der Waals surface area contributed by atoms with Crippen LogP contribution in [0.1, 0.15) is 32.6 Å². The van der Waals surface area contributed by atoms with E-state index < -0.39 is 0 Å². The Labute approximate surface area is 188 Å². The van der Waals surface area contributed by atoms with Crippen LogP contribution in [-0.4, -0.2) is 30.0 Å². The number of benzene rings is 2. The zero-order chi connectivity index (χ0) is 22.1. The maximum atomic E-state index is 10.6. The molecule has 166 valence electrons. The molecule has 0 saturated heterocycles. The number of nitrogens with one attached hydrogen (secondary N) is 1. The number of hydrogen-bond donors (Lipinski definition) is 2.